The third-order valence-corrected chi connectivity index (χ3v) is 9.08. The van der Waals surface area contributed by atoms with E-state index in [1.165, 1.54) is 25.7 Å². The first-order valence-corrected chi connectivity index (χ1v) is 15.8. The maximum absolute atomic E-state index is 13.3. The van der Waals surface area contributed by atoms with Gasteiger partial charge in [0.15, 0.2) is 17.2 Å². The fraction of sp³-hybridized carbons (Fsp3) is 0.417. The van der Waals surface area contributed by atoms with Gasteiger partial charge in [-0.1, -0.05) is 27.2 Å². The van der Waals surface area contributed by atoms with E-state index in [-0.39, 0.29) is 70.6 Å². The number of fused-ring (bicyclic) bond motifs is 2. The number of esters is 1. The van der Waals surface area contributed by atoms with Crippen molar-refractivity contribution < 1.29 is 43.5 Å². The minimum Gasteiger partial charge on any atom is -0.507 e. The predicted octanol–water partition coefficient (Wildman–Crippen LogP) is 7.07. The van der Waals surface area contributed by atoms with E-state index in [0.29, 0.717) is 40.3 Å². The molecular formula is C36H42N2O9. The second kappa shape index (κ2) is 13.9. The predicted molar refractivity (Wildman–Crippen MR) is 176 cm³/mol. The highest BCUT2D eigenvalue weighted by Gasteiger charge is 2.34. The number of rotatable bonds is 10. The molecule has 0 aromatic heterocycles. The third-order valence-electron chi connectivity index (χ3n) is 9.08. The SMILES string of the molecule is COc1cc(C(=O)O)c2c(c1C)OC(=O)c1c(C)cc(O)c(CNc3ccc(NC(=O)CO[C@@H]4C[C@H](C)CC[C@H]4C(C)C)cc3)c1O2. The van der Waals surface area contributed by atoms with E-state index in [1.807, 2.05) is 0 Å². The van der Waals surface area contributed by atoms with Crippen LogP contribution < -0.4 is 24.8 Å². The van der Waals surface area contributed by atoms with Gasteiger partial charge in [0, 0.05) is 23.5 Å². The number of phenols is 1. The van der Waals surface area contributed by atoms with Gasteiger partial charge >= 0.3 is 11.9 Å². The van der Waals surface area contributed by atoms with Gasteiger partial charge in [0.2, 0.25) is 5.91 Å². The molecule has 1 fully saturated rings. The van der Waals surface area contributed by atoms with E-state index in [0.717, 1.165) is 12.8 Å². The molecule has 3 atom stereocenters. The number of benzene rings is 3. The summed E-state index contributed by atoms with van der Waals surface area (Å²) in [5, 5.41) is 27.0. The quantitative estimate of drug-likeness (QED) is 0.133. The summed E-state index contributed by atoms with van der Waals surface area (Å²) in [6.07, 6.45) is 3.34. The standard InChI is InChI=1S/C36H42N2O9/c1-18(2)24-12-7-19(3)13-29(24)45-17-30(40)38-23-10-8-22(9-11-23)37-16-26-27(39)14-20(4)31-33(26)46-34-25(35(41)42)15-28(44-6)21(5)32(34)47-36(31)43/h8-11,14-15,18-19,24,29,37,39H,7,12-13,16-17H2,1-6H3,(H,38,40)(H,41,42)/t19-,24+,29-/m1/s1. The summed E-state index contributed by atoms with van der Waals surface area (Å²) in [5.41, 5.74) is 2.06. The summed E-state index contributed by atoms with van der Waals surface area (Å²) in [6, 6.07) is 9.75. The van der Waals surface area contributed by atoms with Gasteiger partial charge in [-0.05, 0) is 86.4 Å². The van der Waals surface area contributed by atoms with Crippen LogP contribution in [0.25, 0.3) is 0 Å². The van der Waals surface area contributed by atoms with Crippen LogP contribution in [0.15, 0.2) is 36.4 Å². The van der Waals surface area contributed by atoms with Gasteiger partial charge in [-0.15, -0.1) is 0 Å². The number of nitrogens with one attached hydrogen (secondary N) is 2. The van der Waals surface area contributed by atoms with Crippen molar-refractivity contribution in [3.05, 3.63) is 64.2 Å². The minimum atomic E-state index is -1.31. The molecule has 0 spiro atoms. The molecule has 11 nitrogen and oxygen atoms in total. The Bertz CT molecular complexity index is 1680. The Hall–Kier alpha value is -4.77. The van der Waals surface area contributed by atoms with Crippen LogP contribution in [0.4, 0.5) is 11.4 Å². The fourth-order valence-corrected chi connectivity index (χ4v) is 6.45. The highest BCUT2D eigenvalue weighted by Crippen LogP contribution is 2.48. The molecule has 3 aromatic rings. The summed E-state index contributed by atoms with van der Waals surface area (Å²) < 4.78 is 23.2. The molecule has 0 unspecified atom stereocenters. The lowest BCUT2D eigenvalue weighted by molar-refractivity contribution is -0.126. The molecule has 1 aliphatic heterocycles. The fourth-order valence-electron chi connectivity index (χ4n) is 6.45. The van der Waals surface area contributed by atoms with Crippen molar-refractivity contribution in [2.45, 2.75) is 66.5 Å². The molecule has 1 heterocycles. The van der Waals surface area contributed by atoms with Crippen LogP contribution in [0.5, 0.6) is 28.7 Å². The first kappa shape index (κ1) is 33.6. The lowest BCUT2D eigenvalue weighted by Gasteiger charge is -2.37. The smallest absolute Gasteiger partial charge is 0.347 e. The van der Waals surface area contributed by atoms with Gasteiger partial charge in [-0.2, -0.15) is 0 Å². The molecule has 250 valence electrons. The number of amides is 1. The Balaban J connectivity index is 1.30. The Kier molecular flexibility index (Phi) is 9.95. The van der Waals surface area contributed by atoms with Crippen molar-refractivity contribution in [3.63, 3.8) is 0 Å². The zero-order valence-electron chi connectivity index (χ0n) is 27.6. The van der Waals surface area contributed by atoms with Gasteiger partial charge in [0.05, 0.1) is 18.8 Å². The number of ether oxygens (including phenoxy) is 4. The van der Waals surface area contributed by atoms with Crippen LogP contribution in [0.1, 0.15) is 77.4 Å². The highest BCUT2D eigenvalue weighted by molar-refractivity contribution is 6.00. The molecule has 1 saturated carbocycles. The molecule has 2 aliphatic rings. The average molecular weight is 647 g/mol. The molecule has 3 aromatic carbocycles. The third kappa shape index (κ3) is 7.15. The van der Waals surface area contributed by atoms with E-state index in [2.05, 4.69) is 31.4 Å². The molecule has 0 saturated heterocycles. The number of carbonyl (C=O) groups is 3. The number of anilines is 2. The lowest BCUT2D eigenvalue weighted by atomic mass is 9.75. The number of aromatic hydroxyl groups is 1. The van der Waals surface area contributed by atoms with E-state index in [4.69, 9.17) is 18.9 Å². The first-order chi connectivity index (χ1) is 22.4. The number of hydrogen-bond donors (Lipinski definition) is 4. The van der Waals surface area contributed by atoms with Gasteiger partial charge in [0.1, 0.15) is 29.2 Å². The number of carbonyl (C=O) groups excluding carboxylic acids is 2. The van der Waals surface area contributed by atoms with Crippen LogP contribution in [0.2, 0.25) is 0 Å². The van der Waals surface area contributed by atoms with Crippen molar-refractivity contribution in [1.82, 2.24) is 0 Å². The van der Waals surface area contributed by atoms with Crippen molar-refractivity contribution >= 4 is 29.2 Å². The van der Waals surface area contributed by atoms with Crippen LogP contribution in [-0.4, -0.2) is 47.9 Å². The second-order valence-corrected chi connectivity index (χ2v) is 12.8. The number of hydrogen-bond acceptors (Lipinski definition) is 9. The number of carboxylic acid groups (broad SMARTS) is 1. The minimum absolute atomic E-state index is 0.0123. The van der Waals surface area contributed by atoms with Gasteiger partial charge in [-0.3, -0.25) is 4.79 Å². The van der Waals surface area contributed by atoms with Crippen molar-refractivity contribution in [2.75, 3.05) is 24.4 Å². The summed E-state index contributed by atoms with van der Waals surface area (Å²) in [7, 11) is 1.38. The Morgan fingerprint density at radius 1 is 1.02 bits per heavy atom. The van der Waals surface area contributed by atoms with Crippen LogP contribution in [0.3, 0.4) is 0 Å². The van der Waals surface area contributed by atoms with Crippen molar-refractivity contribution in [2.24, 2.45) is 17.8 Å². The second-order valence-electron chi connectivity index (χ2n) is 12.8. The Morgan fingerprint density at radius 2 is 1.72 bits per heavy atom. The molecule has 4 N–H and O–H groups in total. The highest BCUT2D eigenvalue weighted by atomic mass is 16.6. The molecule has 0 bridgehead atoms. The summed E-state index contributed by atoms with van der Waals surface area (Å²) >= 11 is 0. The molecule has 1 amide bonds. The van der Waals surface area contributed by atoms with Gasteiger partial charge < -0.3 is 39.8 Å². The number of carboxylic acids is 1. The Morgan fingerprint density at radius 3 is 2.38 bits per heavy atom. The van der Waals surface area contributed by atoms with E-state index in [1.54, 1.807) is 38.1 Å². The lowest BCUT2D eigenvalue weighted by Crippen LogP contribution is -2.36. The molecule has 47 heavy (non-hydrogen) atoms. The van der Waals surface area contributed by atoms with Crippen molar-refractivity contribution in [3.8, 4) is 28.7 Å². The van der Waals surface area contributed by atoms with Gasteiger partial charge in [0.25, 0.3) is 0 Å². The number of phenolic OH excluding ortho intramolecular Hbond substituents is 1. The summed E-state index contributed by atoms with van der Waals surface area (Å²) in [6.45, 7) is 9.89. The van der Waals surface area contributed by atoms with E-state index in [9.17, 15) is 24.6 Å². The number of aromatic carboxylic acids is 1. The molecular weight excluding hydrogens is 604 g/mol. The average Bonchev–Trinajstić information content (AvgIpc) is 3.17. The topological polar surface area (TPSA) is 153 Å². The van der Waals surface area contributed by atoms with Gasteiger partial charge in [-0.25, -0.2) is 9.59 Å². The maximum Gasteiger partial charge on any atom is 0.347 e. The maximum atomic E-state index is 13.3. The van der Waals surface area contributed by atoms with E-state index >= 15 is 0 Å². The molecule has 1 aliphatic carbocycles. The normalized spacial score (nSPS) is 18.7. The number of methoxy groups -OCH3 is 1. The number of aryl methyl sites for hydroxylation is 1. The Labute approximate surface area is 274 Å². The zero-order valence-corrected chi connectivity index (χ0v) is 27.6. The zero-order chi connectivity index (χ0) is 34.0. The monoisotopic (exact) mass is 646 g/mol. The van der Waals surface area contributed by atoms with Crippen LogP contribution in [-0.2, 0) is 16.1 Å². The van der Waals surface area contributed by atoms with Crippen LogP contribution in [0, 0.1) is 31.6 Å². The summed E-state index contributed by atoms with van der Waals surface area (Å²) in [5.74, 6) is -0.944. The molecule has 11 heteroatoms. The van der Waals surface area contributed by atoms with Crippen molar-refractivity contribution in [1.29, 1.82) is 0 Å². The largest absolute Gasteiger partial charge is 0.507 e. The van der Waals surface area contributed by atoms with Crippen LogP contribution >= 0.6 is 0 Å². The molecule has 0 radical (unpaired) electrons. The molecule has 5 rings (SSSR count). The summed E-state index contributed by atoms with van der Waals surface area (Å²) in [4.78, 5) is 38.2. The first-order valence-electron chi connectivity index (χ1n) is 15.8. The van der Waals surface area contributed by atoms with E-state index < -0.39 is 11.9 Å².